The Balaban J connectivity index is 3.35. The van der Waals surface area contributed by atoms with Crippen LogP contribution in [0.25, 0.3) is 0 Å². The molecule has 0 saturated carbocycles. The molecule has 0 aliphatic rings. The van der Waals surface area contributed by atoms with Gasteiger partial charge in [-0.25, -0.2) is 0 Å². The third-order valence-corrected chi connectivity index (χ3v) is 1.26. The van der Waals surface area contributed by atoms with Crippen molar-refractivity contribution in [3.8, 4) is 0 Å². The lowest BCUT2D eigenvalue weighted by atomic mass is 10.2. The van der Waals surface area contributed by atoms with E-state index >= 15 is 0 Å². The molecule has 0 aliphatic carbocycles. The molecule has 0 aromatic heterocycles. The number of aliphatic hydroxyl groups excluding tert-OH is 1. The molecule has 0 spiro atoms. The second-order valence-electron chi connectivity index (χ2n) is 2.78. The van der Waals surface area contributed by atoms with Gasteiger partial charge in [-0.3, -0.25) is 9.59 Å². The van der Waals surface area contributed by atoms with Crippen molar-refractivity contribution in [2.75, 3.05) is 6.61 Å². The first-order chi connectivity index (χ1) is 6.02. The Hall–Kier alpha value is -1.10. The summed E-state index contributed by atoms with van der Waals surface area (Å²) >= 11 is 0. The highest BCUT2D eigenvalue weighted by molar-refractivity contribution is 5.71. The van der Waals surface area contributed by atoms with E-state index in [0.717, 1.165) is 0 Å². The smallest absolute Gasteiger partial charge is 0.305 e. The van der Waals surface area contributed by atoms with Crippen molar-refractivity contribution in [3.05, 3.63) is 0 Å². The summed E-state index contributed by atoms with van der Waals surface area (Å²) in [6, 6.07) is 0. The first kappa shape index (κ1) is 11.9. The Labute approximate surface area is 76.3 Å². The van der Waals surface area contributed by atoms with Crippen LogP contribution in [0.5, 0.6) is 0 Å². The number of carbonyl (C=O) groups excluding carboxylic acids is 1. The van der Waals surface area contributed by atoms with Gasteiger partial charge in [0.2, 0.25) is 0 Å². The van der Waals surface area contributed by atoms with E-state index in [9.17, 15) is 9.59 Å². The van der Waals surface area contributed by atoms with Gasteiger partial charge in [0.05, 0.1) is 6.10 Å². The van der Waals surface area contributed by atoms with Gasteiger partial charge in [-0.05, 0) is 13.3 Å². The summed E-state index contributed by atoms with van der Waals surface area (Å²) in [7, 11) is 0. The molecule has 76 valence electrons. The predicted molar refractivity (Wildman–Crippen MR) is 44.1 cm³/mol. The Morgan fingerprint density at radius 2 is 2.00 bits per heavy atom. The van der Waals surface area contributed by atoms with Gasteiger partial charge in [-0.15, -0.1) is 0 Å². The number of hydrogen-bond donors (Lipinski definition) is 2. The third-order valence-electron chi connectivity index (χ3n) is 1.26. The summed E-state index contributed by atoms with van der Waals surface area (Å²) in [5, 5.41) is 17.0. The van der Waals surface area contributed by atoms with Crippen molar-refractivity contribution in [3.63, 3.8) is 0 Å². The molecule has 0 heterocycles. The van der Waals surface area contributed by atoms with E-state index in [2.05, 4.69) is 4.74 Å². The van der Waals surface area contributed by atoms with E-state index in [-0.39, 0.29) is 25.9 Å². The molecule has 5 heteroatoms. The maximum atomic E-state index is 10.8. The number of ether oxygens (including phenoxy) is 1. The molecule has 0 aliphatic heterocycles. The Bertz CT molecular complexity index is 175. The van der Waals surface area contributed by atoms with E-state index in [1.807, 2.05) is 0 Å². The normalized spacial score (nSPS) is 12.2. The highest BCUT2D eigenvalue weighted by Crippen LogP contribution is 1.98. The lowest BCUT2D eigenvalue weighted by Gasteiger charge is -2.05. The number of carbonyl (C=O) groups is 2. The lowest BCUT2D eigenvalue weighted by Crippen LogP contribution is -2.15. The average Bonchev–Trinajstić information content (AvgIpc) is 2.00. The molecule has 0 radical (unpaired) electrons. The van der Waals surface area contributed by atoms with E-state index < -0.39 is 18.0 Å². The fraction of sp³-hybridized carbons (Fsp3) is 0.750. The van der Waals surface area contributed by atoms with Crippen LogP contribution in [-0.2, 0) is 14.3 Å². The van der Waals surface area contributed by atoms with Crippen LogP contribution in [0.3, 0.4) is 0 Å². The third kappa shape index (κ3) is 8.81. The van der Waals surface area contributed by atoms with Gasteiger partial charge in [0.15, 0.2) is 0 Å². The number of rotatable bonds is 6. The van der Waals surface area contributed by atoms with Crippen LogP contribution in [0.4, 0.5) is 0 Å². The van der Waals surface area contributed by atoms with Crippen LogP contribution in [0, 0.1) is 0 Å². The number of esters is 1. The van der Waals surface area contributed by atoms with Gasteiger partial charge in [-0.1, -0.05) is 0 Å². The molecule has 0 saturated heterocycles. The molecule has 0 rings (SSSR count). The molecule has 0 fully saturated rings. The molecule has 13 heavy (non-hydrogen) atoms. The van der Waals surface area contributed by atoms with Crippen LogP contribution in [0.1, 0.15) is 26.2 Å². The van der Waals surface area contributed by atoms with Gasteiger partial charge in [0.25, 0.3) is 0 Å². The average molecular weight is 190 g/mol. The molecule has 0 aromatic carbocycles. The second-order valence-corrected chi connectivity index (χ2v) is 2.78. The summed E-state index contributed by atoms with van der Waals surface area (Å²) in [4.78, 5) is 20.9. The Kier molecular flexibility index (Phi) is 5.88. The summed E-state index contributed by atoms with van der Waals surface area (Å²) in [6.45, 7) is 1.47. The van der Waals surface area contributed by atoms with Gasteiger partial charge >= 0.3 is 11.9 Å². The van der Waals surface area contributed by atoms with Crippen LogP contribution in [0.2, 0.25) is 0 Å². The summed E-state index contributed by atoms with van der Waals surface area (Å²) < 4.78 is 4.60. The van der Waals surface area contributed by atoms with E-state index in [1.54, 1.807) is 0 Å². The van der Waals surface area contributed by atoms with Crippen molar-refractivity contribution in [2.24, 2.45) is 0 Å². The summed E-state index contributed by atoms with van der Waals surface area (Å²) in [5.41, 5.74) is 0. The SMILES string of the molecule is CC(O)COC(=O)CCCC(=O)O. The maximum absolute atomic E-state index is 10.8. The molecular formula is C8H14O5. The highest BCUT2D eigenvalue weighted by Gasteiger charge is 2.06. The number of aliphatic hydroxyl groups is 1. The Morgan fingerprint density at radius 3 is 2.46 bits per heavy atom. The van der Waals surface area contributed by atoms with Crippen molar-refractivity contribution < 1.29 is 24.5 Å². The minimum Gasteiger partial charge on any atom is -0.481 e. The predicted octanol–water partition coefficient (Wildman–Crippen LogP) is 0.165. The number of carboxylic acid groups (broad SMARTS) is 1. The van der Waals surface area contributed by atoms with Gasteiger partial charge in [-0.2, -0.15) is 0 Å². The fourth-order valence-electron chi connectivity index (χ4n) is 0.670. The first-order valence-corrected chi connectivity index (χ1v) is 4.08. The molecular weight excluding hydrogens is 176 g/mol. The fourth-order valence-corrected chi connectivity index (χ4v) is 0.670. The van der Waals surface area contributed by atoms with Crippen LogP contribution >= 0.6 is 0 Å². The largest absolute Gasteiger partial charge is 0.481 e. The van der Waals surface area contributed by atoms with Gasteiger partial charge in [0.1, 0.15) is 6.61 Å². The number of aliphatic carboxylic acids is 1. The minimum absolute atomic E-state index is 0.0358. The molecule has 0 bridgehead atoms. The molecule has 0 amide bonds. The summed E-state index contributed by atoms with van der Waals surface area (Å²) in [5.74, 6) is -1.40. The van der Waals surface area contributed by atoms with E-state index in [0.29, 0.717) is 0 Å². The summed E-state index contributed by atoms with van der Waals surface area (Å²) in [6.07, 6.45) is -0.361. The van der Waals surface area contributed by atoms with E-state index in [4.69, 9.17) is 10.2 Å². The lowest BCUT2D eigenvalue weighted by molar-refractivity contribution is -0.146. The maximum Gasteiger partial charge on any atom is 0.305 e. The zero-order valence-electron chi connectivity index (χ0n) is 7.52. The standard InChI is InChI=1S/C8H14O5/c1-6(9)5-13-8(12)4-2-3-7(10)11/h6,9H,2-5H2,1H3,(H,10,11). The molecule has 1 atom stereocenters. The Morgan fingerprint density at radius 1 is 1.38 bits per heavy atom. The molecule has 5 nitrogen and oxygen atoms in total. The van der Waals surface area contributed by atoms with Crippen LogP contribution in [0.15, 0.2) is 0 Å². The topological polar surface area (TPSA) is 83.8 Å². The van der Waals surface area contributed by atoms with Crippen molar-refractivity contribution in [1.82, 2.24) is 0 Å². The van der Waals surface area contributed by atoms with Crippen molar-refractivity contribution >= 4 is 11.9 Å². The molecule has 0 aromatic rings. The van der Waals surface area contributed by atoms with E-state index in [1.165, 1.54) is 6.92 Å². The zero-order chi connectivity index (χ0) is 10.3. The number of hydrogen-bond acceptors (Lipinski definition) is 4. The minimum atomic E-state index is -0.927. The molecule has 2 N–H and O–H groups in total. The molecule has 1 unspecified atom stereocenters. The van der Waals surface area contributed by atoms with Crippen LogP contribution in [-0.4, -0.2) is 34.9 Å². The van der Waals surface area contributed by atoms with Gasteiger partial charge < -0.3 is 14.9 Å². The van der Waals surface area contributed by atoms with Gasteiger partial charge in [0, 0.05) is 12.8 Å². The zero-order valence-corrected chi connectivity index (χ0v) is 7.52. The highest BCUT2D eigenvalue weighted by atomic mass is 16.5. The number of carboxylic acids is 1. The monoisotopic (exact) mass is 190 g/mol. The van der Waals surface area contributed by atoms with Crippen molar-refractivity contribution in [2.45, 2.75) is 32.3 Å². The van der Waals surface area contributed by atoms with Crippen molar-refractivity contribution in [1.29, 1.82) is 0 Å². The second kappa shape index (κ2) is 6.42. The van der Waals surface area contributed by atoms with Crippen LogP contribution < -0.4 is 0 Å². The first-order valence-electron chi connectivity index (χ1n) is 4.08. The quantitative estimate of drug-likeness (QED) is 0.583.